The summed E-state index contributed by atoms with van der Waals surface area (Å²) in [4.78, 5) is 22.5. The lowest BCUT2D eigenvalue weighted by molar-refractivity contribution is -0.148. The van der Waals surface area contributed by atoms with Crippen molar-refractivity contribution in [1.29, 1.82) is 0 Å². The van der Waals surface area contributed by atoms with Gasteiger partial charge in [-0.1, -0.05) is 0 Å². The van der Waals surface area contributed by atoms with Gasteiger partial charge in [-0.15, -0.1) is 0 Å². The second kappa shape index (κ2) is 5.86. The van der Waals surface area contributed by atoms with Crippen LogP contribution < -0.4 is 10.6 Å². The third kappa shape index (κ3) is 3.59. The van der Waals surface area contributed by atoms with Gasteiger partial charge in [0.1, 0.15) is 5.54 Å². The maximum atomic E-state index is 11.5. The van der Waals surface area contributed by atoms with Crippen LogP contribution >= 0.6 is 0 Å². The largest absolute Gasteiger partial charge is 0.480 e. The summed E-state index contributed by atoms with van der Waals surface area (Å²) in [7, 11) is 0. The van der Waals surface area contributed by atoms with Crippen LogP contribution in [0.25, 0.3) is 0 Å². The Morgan fingerprint density at radius 2 is 2.12 bits per heavy atom. The maximum absolute atomic E-state index is 11.5. The number of hydrogen-bond donors (Lipinski definition) is 3. The fraction of sp³-hybridized carbons (Fsp3) is 0.818. The van der Waals surface area contributed by atoms with Crippen molar-refractivity contribution in [2.24, 2.45) is 0 Å². The van der Waals surface area contributed by atoms with Crippen LogP contribution in [0.3, 0.4) is 0 Å². The molecule has 1 rings (SSSR count). The Bertz CT molecular complexity index is 289. The van der Waals surface area contributed by atoms with E-state index in [0.717, 1.165) is 6.42 Å². The molecule has 2 amide bonds. The van der Waals surface area contributed by atoms with Crippen molar-refractivity contribution in [1.82, 2.24) is 10.6 Å². The molecule has 1 aliphatic rings. The third-order valence-electron chi connectivity index (χ3n) is 2.97. The van der Waals surface area contributed by atoms with Crippen LogP contribution in [0.15, 0.2) is 0 Å². The number of rotatable bonds is 6. The van der Waals surface area contributed by atoms with E-state index in [0.29, 0.717) is 26.0 Å². The molecule has 6 heteroatoms. The zero-order chi connectivity index (χ0) is 12.9. The lowest BCUT2D eigenvalue weighted by Crippen LogP contribution is -2.61. The van der Waals surface area contributed by atoms with Crippen LogP contribution in [0, 0.1) is 0 Å². The van der Waals surface area contributed by atoms with Gasteiger partial charge in [0.2, 0.25) is 0 Å². The van der Waals surface area contributed by atoms with Crippen LogP contribution in [0.2, 0.25) is 0 Å². The number of amides is 2. The van der Waals surface area contributed by atoms with Crippen LogP contribution in [0.5, 0.6) is 0 Å². The molecule has 0 saturated heterocycles. The van der Waals surface area contributed by atoms with Gasteiger partial charge in [0, 0.05) is 13.2 Å². The zero-order valence-electron chi connectivity index (χ0n) is 10.3. The topological polar surface area (TPSA) is 87.7 Å². The number of nitrogens with one attached hydrogen (secondary N) is 2. The van der Waals surface area contributed by atoms with Crippen molar-refractivity contribution in [2.45, 2.75) is 44.8 Å². The number of ether oxygens (including phenoxy) is 1. The molecule has 0 bridgehead atoms. The number of urea groups is 1. The molecule has 1 atom stereocenters. The first-order chi connectivity index (χ1) is 8.00. The number of hydrogen-bond acceptors (Lipinski definition) is 3. The van der Waals surface area contributed by atoms with Gasteiger partial charge in [0.05, 0.1) is 6.10 Å². The van der Waals surface area contributed by atoms with E-state index in [9.17, 15) is 9.59 Å². The molecule has 0 aromatic heterocycles. The zero-order valence-corrected chi connectivity index (χ0v) is 10.3. The first-order valence-electron chi connectivity index (χ1n) is 5.91. The molecule has 0 aliphatic heterocycles. The maximum Gasteiger partial charge on any atom is 0.329 e. The smallest absolute Gasteiger partial charge is 0.329 e. The van der Waals surface area contributed by atoms with E-state index in [1.807, 2.05) is 13.8 Å². The Hall–Kier alpha value is -1.30. The molecule has 0 aromatic rings. The first-order valence-corrected chi connectivity index (χ1v) is 5.91. The minimum Gasteiger partial charge on any atom is -0.480 e. The lowest BCUT2D eigenvalue weighted by atomic mass is 9.77. The standard InChI is InChI=1S/C11H20N2O4/c1-3-17-8(2)7-12-10(16)13-11(9(14)15)5-4-6-11/h8H,3-7H2,1-2H3,(H,14,15)(H2,12,13,16). The van der Waals surface area contributed by atoms with Crippen molar-refractivity contribution < 1.29 is 19.4 Å². The quantitative estimate of drug-likeness (QED) is 0.642. The molecule has 1 unspecified atom stereocenters. The summed E-state index contributed by atoms with van der Waals surface area (Å²) < 4.78 is 5.25. The van der Waals surface area contributed by atoms with E-state index in [1.165, 1.54) is 0 Å². The average Bonchev–Trinajstić information content (AvgIpc) is 2.20. The third-order valence-corrected chi connectivity index (χ3v) is 2.97. The van der Waals surface area contributed by atoms with E-state index < -0.39 is 17.5 Å². The van der Waals surface area contributed by atoms with Gasteiger partial charge in [0.15, 0.2) is 0 Å². The number of carbonyl (C=O) groups is 2. The van der Waals surface area contributed by atoms with Crippen molar-refractivity contribution in [2.75, 3.05) is 13.2 Å². The normalized spacial score (nSPS) is 18.9. The molecular weight excluding hydrogens is 224 g/mol. The molecule has 0 spiro atoms. The van der Waals surface area contributed by atoms with E-state index >= 15 is 0 Å². The summed E-state index contributed by atoms with van der Waals surface area (Å²) >= 11 is 0. The molecule has 0 radical (unpaired) electrons. The highest BCUT2D eigenvalue weighted by atomic mass is 16.5. The van der Waals surface area contributed by atoms with Gasteiger partial charge < -0.3 is 20.5 Å². The predicted molar refractivity (Wildman–Crippen MR) is 61.8 cm³/mol. The molecular formula is C11H20N2O4. The number of aliphatic carboxylic acids is 1. The highest BCUT2D eigenvalue weighted by molar-refractivity contribution is 5.87. The minimum absolute atomic E-state index is 0.0760. The van der Waals surface area contributed by atoms with E-state index in [1.54, 1.807) is 0 Å². The predicted octanol–water partition coefficient (Wildman–Crippen LogP) is 0.718. The van der Waals surface area contributed by atoms with Crippen molar-refractivity contribution in [3.63, 3.8) is 0 Å². The summed E-state index contributed by atoms with van der Waals surface area (Å²) in [6.45, 7) is 4.68. The number of carboxylic acid groups (broad SMARTS) is 1. The highest BCUT2D eigenvalue weighted by Gasteiger charge is 2.45. The van der Waals surface area contributed by atoms with E-state index in [2.05, 4.69) is 10.6 Å². The Labute approximate surface area is 101 Å². The monoisotopic (exact) mass is 244 g/mol. The molecule has 1 fully saturated rings. The molecule has 98 valence electrons. The van der Waals surface area contributed by atoms with Gasteiger partial charge in [-0.05, 0) is 33.1 Å². The SMILES string of the molecule is CCOC(C)CNC(=O)NC1(C(=O)O)CCC1. The Kier molecular flexibility index (Phi) is 4.74. The molecule has 1 aliphatic carbocycles. The molecule has 0 heterocycles. The molecule has 0 aromatic carbocycles. The molecule has 3 N–H and O–H groups in total. The Balaban J connectivity index is 2.31. The van der Waals surface area contributed by atoms with E-state index in [-0.39, 0.29) is 6.10 Å². The summed E-state index contributed by atoms with van der Waals surface area (Å²) in [6, 6.07) is -0.446. The van der Waals surface area contributed by atoms with Crippen LogP contribution in [0.4, 0.5) is 4.79 Å². The number of carboxylic acids is 1. The number of carbonyl (C=O) groups excluding carboxylic acids is 1. The minimum atomic E-state index is -1.06. The molecule has 1 saturated carbocycles. The second-order valence-electron chi connectivity index (χ2n) is 4.34. The van der Waals surface area contributed by atoms with Crippen molar-refractivity contribution >= 4 is 12.0 Å². The summed E-state index contributed by atoms with van der Waals surface area (Å²) in [5.41, 5.74) is -1.06. The van der Waals surface area contributed by atoms with Crippen LogP contribution in [-0.4, -0.2) is 41.9 Å². The lowest BCUT2D eigenvalue weighted by Gasteiger charge is -2.38. The van der Waals surface area contributed by atoms with Crippen LogP contribution in [0.1, 0.15) is 33.1 Å². The summed E-state index contributed by atoms with van der Waals surface area (Å²) in [5, 5.41) is 14.2. The van der Waals surface area contributed by atoms with Gasteiger partial charge in [-0.3, -0.25) is 0 Å². The molecule has 17 heavy (non-hydrogen) atoms. The fourth-order valence-corrected chi connectivity index (χ4v) is 1.76. The van der Waals surface area contributed by atoms with E-state index in [4.69, 9.17) is 9.84 Å². The molecule has 6 nitrogen and oxygen atoms in total. The summed E-state index contributed by atoms with van der Waals surface area (Å²) in [5.74, 6) is -0.961. The Morgan fingerprint density at radius 1 is 1.47 bits per heavy atom. The second-order valence-corrected chi connectivity index (χ2v) is 4.34. The van der Waals surface area contributed by atoms with Gasteiger partial charge >= 0.3 is 12.0 Å². The first kappa shape index (κ1) is 13.8. The Morgan fingerprint density at radius 3 is 2.53 bits per heavy atom. The summed E-state index contributed by atoms with van der Waals surface area (Å²) in [6.07, 6.45) is 1.75. The average molecular weight is 244 g/mol. The van der Waals surface area contributed by atoms with Gasteiger partial charge in [-0.25, -0.2) is 9.59 Å². The van der Waals surface area contributed by atoms with Crippen LogP contribution in [-0.2, 0) is 9.53 Å². The highest BCUT2D eigenvalue weighted by Crippen LogP contribution is 2.31. The van der Waals surface area contributed by atoms with Crippen molar-refractivity contribution in [3.05, 3.63) is 0 Å². The van der Waals surface area contributed by atoms with Gasteiger partial charge in [0.25, 0.3) is 0 Å². The van der Waals surface area contributed by atoms with Gasteiger partial charge in [-0.2, -0.15) is 0 Å². The van der Waals surface area contributed by atoms with Crippen molar-refractivity contribution in [3.8, 4) is 0 Å². The fourth-order valence-electron chi connectivity index (χ4n) is 1.76.